The van der Waals surface area contributed by atoms with Crippen LogP contribution in [0.15, 0.2) is 24.5 Å². The second kappa shape index (κ2) is 8.43. The summed E-state index contributed by atoms with van der Waals surface area (Å²) in [5.74, 6) is -4.50. The minimum atomic E-state index is -1.58. The molecule has 9 heteroatoms. The largest absolute Gasteiger partial charge is 0.351 e. The van der Waals surface area contributed by atoms with E-state index in [4.69, 9.17) is 0 Å². The van der Waals surface area contributed by atoms with Gasteiger partial charge in [-0.05, 0) is 39.2 Å². The molecule has 0 unspecified atom stereocenters. The molecule has 1 aromatic heterocycles. The van der Waals surface area contributed by atoms with E-state index in [1.54, 1.807) is 0 Å². The number of benzene rings is 1. The molecule has 0 saturated carbocycles. The summed E-state index contributed by atoms with van der Waals surface area (Å²) in [7, 11) is 3.88. The number of anilines is 2. The van der Waals surface area contributed by atoms with E-state index >= 15 is 0 Å². The Morgan fingerprint density at radius 3 is 2.52 bits per heavy atom. The molecule has 1 aromatic carbocycles. The molecular weight excluding hydrogens is 335 g/mol. The van der Waals surface area contributed by atoms with E-state index < -0.39 is 17.5 Å². The Kier molecular flexibility index (Phi) is 6.29. The van der Waals surface area contributed by atoms with E-state index in [1.165, 1.54) is 12.4 Å². The van der Waals surface area contributed by atoms with Crippen molar-refractivity contribution in [2.45, 2.75) is 6.42 Å². The van der Waals surface area contributed by atoms with Gasteiger partial charge < -0.3 is 15.5 Å². The number of carbonyl (C=O) groups excluding carboxylic acids is 1. The van der Waals surface area contributed by atoms with E-state index in [9.17, 15) is 18.0 Å². The topological polar surface area (TPSA) is 70.2 Å². The first kappa shape index (κ1) is 18.7. The zero-order valence-corrected chi connectivity index (χ0v) is 13.8. The highest BCUT2D eigenvalue weighted by molar-refractivity contribution is 5.92. The summed E-state index contributed by atoms with van der Waals surface area (Å²) >= 11 is 0. The highest BCUT2D eigenvalue weighted by atomic mass is 19.2. The molecule has 6 nitrogen and oxygen atoms in total. The molecule has 134 valence electrons. The molecule has 0 saturated heterocycles. The van der Waals surface area contributed by atoms with E-state index in [2.05, 4.69) is 20.6 Å². The Bertz CT molecular complexity index is 737. The van der Waals surface area contributed by atoms with Crippen molar-refractivity contribution in [2.75, 3.05) is 32.5 Å². The monoisotopic (exact) mass is 353 g/mol. The van der Waals surface area contributed by atoms with Gasteiger partial charge >= 0.3 is 0 Å². The third kappa shape index (κ3) is 5.15. The molecule has 2 aromatic rings. The third-order valence-electron chi connectivity index (χ3n) is 3.25. The van der Waals surface area contributed by atoms with Crippen LogP contribution in [0.25, 0.3) is 0 Å². The quantitative estimate of drug-likeness (QED) is 0.591. The molecule has 1 heterocycles. The van der Waals surface area contributed by atoms with Crippen molar-refractivity contribution in [3.8, 4) is 0 Å². The van der Waals surface area contributed by atoms with Crippen LogP contribution in [-0.2, 0) is 0 Å². The van der Waals surface area contributed by atoms with Gasteiger partial charge in [-0.25, -0.2) is 23.1 Å². The highest BCUT2D eigenvalue weighted by Gasteiger charge is 2.14. The lowest BCUT2D eigenvalue weighted by atomic mass is 10.3. The fourth-order valence-corrected chi connectivity index (χ4v) is 1.96. The molecule has 25 heavy (non-hydrogen) atoms. The maximum absolute atomic E-state index is 13.6. The molecule has 0 aliphatic heterocycles. The second-order valence-corrected chi connectivity index (χ2v) is 5.55. The molecule has 0 aliphatic carbocycles. The molecule has 0 atom stereocenters. The smallest absolute Gasteiger partial charge is 0.271 e. The van der Waals surface area contributed by atoms with Crippen molar-refractivity contribution in [3.05, 3.63) is 47.7 Å². The lowest BCUT2D eigenvalue weighted by molar-refractivity contribution is 0.0947. The van der Waals surface area contributed by atoms with Gasteiger partial charge in [0.05, 0.1) is 18.1 Å². The number of carbonyl (C=O) groups is 1. The first-order chi connectivity index (χ1) is 11.9. The standard InChI is InChI=1S/C16H18F3N5O/c1-24(2)7-3-6-20-16(25)12-8-22-13(9-21-12)23-11-5-4-10(17)14(18)15(11)19/h4-5,8-9H,3,6-7H2,1-2H3,(H,20,25)(H,22,23). The van der Waals surface area contributed by atoms with Crippen molar-refractivity contribution in [3.63, 3.8) is 0 Å². The zero-order valence-electron chi connectivity index (χ0n) is 13.8. The van der Waals surface area contributed by atoms with Crippen LogP contribution in [0.2, 0.25) is 0 Å². The molecule has 2 rings (SSSR count). The molecule has 0 bridgehead atoms. The van der Waals surface area contributed by atoms with Gasteiger partial charge in [-0.1, -0.05) is 0 Å². The van der Waals surface area contributed by atoms with Gasteiger partial charge in [0.2, 0.25) is 0 Å². The highest BCUT2D eigenvalue weighted by Crippen LogP contribution is 2.22. The average molecular weight is 353 g/mol. The van der Waals surface area contributed by atoms with Gasteiger partial charge in [-0.2, -0.15) is 0 Å². The predicted molar refractivity (Wildman–Crippen MR) is 87.1 cm³/mol. The van der Waals surface area contributed by atoms with Gasteiger partial charge in [0.1, 0.15) is 11.5 Å². The number of nitrogens with zero attached hydrogens (tertiary/aromatic N) is 3. The Balaban J connectivity index is 1.96. The number of halogens is 3. The minimum Gasteiger partial charge on any atom is -0.351 e. The Morgan fingerprint density at radius 2 is 1.88 bits per heavy atom. The van der Waals surface area contributed by atoms with Crippen molar-refractivity contribution in [1.82, 2.24) is 20.2 Å². The Morgan fingerprint density at radius 1 is 1.12 bits per heavy atom. The first-order valence-electron chi connectivity index (χ1n) is 7.54. The molecule has 1 amide bonds. The summed E-state index contributed by atoms with van der Waals surface area (Å²) < 4.78 is 39.7. The summed E-state index contributed by atoms with van der Waals surface area (Å²) in [6, 6.07) is 1.84. The minimum absolute atomic E-state index is 0.0917. The van der Waals surface area contributed by atoms with E-state index in [0.717, 1.165) is 25.1 Å². The average Bonchev–Trinajstić information content (AvgIpc) is 2.59. The van der Waals surface area contributed by atoms with E-state index in [-0.39, 0.29) is 23.1 Å². The van der Waals surface area contributed by atoms with E-state index in [1.807, 2.05) is 19.0 Å². The van der Waals surface area contributed by atoms with Crippen molar-refractivity contribution in [1.29, 1.82) is 0 Å². The van der Waals surface area contributed by atoms with Crippen LogP contribution in [0.5, 0.6) is 0 Å². The van der Waals surface area contributed by atoms with Crippen LogP contribution < -0.4 is 10.6 Å². The third-order valence-corrected chi connectivity index (χ3v) is 3.25. The summed E-state index contributed by atoms with van der Waals surface area (Å²) in [5.41, 5.74) is -0.185. The molecule has 2 N–H and O–H groups in total. The number of aromatic nitrogens is 2. The van der Waals surface area contributed by atoms with E-state index in [0.29, 0.717) is 6.54 Å². The number of rotatable bonds is 7. The normalized spacial score (nSPS) is 10.8. The summed E-state index contributed by atoms with van der Waals surface area (Å²) in [6.45, 7) is 1.34. The maximum atomic E-state index is 13.6. The fourth-order valence-electron chi connectivity index (χ4n) is 1.96. The lowest BCUT2D eigenvalue weighted by Gasteiger charge is -2.10. The van der Waals surface area contributed by atoms with Crippen LogP contribution in [0.3, 0.4) is 0 Å². The lowest BCUT2D eigenvalue weighted by Crippen LogP contribution is -2.27. The fraction of sp³-hybridized carbons (Fsp3) is 0.312. The number of hydrogen-bond acceptors (Lipinski definition) is 5. The molecule has 0 fully saturated rings. The summed E-state index contributed by atoms with van der Waals surface area (Å²) in [4.78, 5) is 21.7. The van der Waals surface area contributed by atoms with Crippen molar-refractivity contribution < 1.29 is 18.0 Å². The number of nitrogens with one attached hydrogen (secondary N) is 2. The predicted octanol–water partition coefficient (Wildman–Crippen LogP) is 2.32. The number of amides is 1. The molecule has 0 spiro atoms. The SMILES string of the molecule is CN(C)CCCNC(=O)c1cnc(Nc2ccc(F)c(F)c2F)cn1. The van der Waals surface area contributed by atoms with Gasteiger partial charge in [-0.15, -0.1) is 0 Å². The summed E-state index contributed by atoms with van der Waals surface area (Å²) in [5, 5.41) is 5.19. The summed E-state index contributed by atoms with van der Waals surface area (Å²) in [6.07, 6.45) is 3.21. The molecule has 0 aliphatic rings. The molecule has 0 radical (unpaired) electrons. The van der Waals surface area contributed by atoms with Gasteiger partial charge in [-0.3, -0.25) is 4.79 Å². The van der Waals surface area contributed by atoms with Gasteiger partial charge in [0.15, 0.2) is 17.5 Å². The van der Waals surface area contributed by atoms with Crippen LogP contribution in [0.4, 0.5) is 24.7 Å². The second-order valence-electron chi connectivity index (χ2n) is 5.55. The van der Waals surface area contributed by atoms with Crippen molar-refractivity contribution >= 4 is 17.4 Å². The van der Waals surface area contributed by atoms with Crippen LogP contribution in [0, 0.1) is 17.5 Å². The maximum Gasteiger partial charge on any atom is 0.271 e. The van der Waals surface area contributed by atoms with Gasteiger partial charge in [0.25, 0.3) is 5.91 Å². The number of hydrogen-bond donors (Lipinski definition) is 2. The molecular formula is C16H18F3N5O. The van der Waals surface area contributed by atoms with Crippen LogP contribution in [-0.4, -0.2) is 48.0 Å². The zero-order chi connectivity index (χ0) is 18.4. The van der Waals surface area contributed by atoms with Crippen LogP contribution in [0.1, 0.15) is 16.9 Å². The Hall–Kier alpha value is -2.68. The van der Waals surface area contributed by atoms with Crippen molar-refractivity contribution in [2.24, 2.45) is 0 Å². The Labute approximate surface area is 143 Å². The van der Waals surface area contributed by atoms with Gasteiger partial charge in [0, 0.05) is 6.54 Å². The first-order valence-corrected chi connectivity index (χ1v) is 7.54. The van der Waals surface area contributed by atoms with Crippen LogP contribution >= 0.6 is 0 Å².